The summed E-state index contributed by atoms with van der Waals surface area (Å²) in [7, 11) is 0. The molecule has 0 unspecified atom stereocenters. The van der Waals surface area contributed by atoms with Crippen molar-refractivity contribution in [2.45, 2.75) is 26.2 Å². The Bertz CT molecular complexity index is 1240. The lowest BCUT2D eigenvalue weighted by molar-refractivity contribution is -0.148. The molecule has 0 N–H and O–H groups in total. The number of carbonyl (C=O) groups is 1. The summed E-state index contributed by atoms with van der Waals surface area (Å²) in [6, 6.07) is 17.3. The SMILES string of the molecule is CCOC(=O)C(C)(C)c1ccc2c(c1)sc1nc(=O)cc(-c3ccccc3)n12. The molecule has 0 aliphatic heterocycles. The van der Waals surface area contributed by atoms with Crippen LogP contribution in [0.2, 0.25) is 0 Å². The highest BCUT2D eigenvalue weighted by Gasteiger charge is 2.31. The average Bonchev–Trinajstić information content (AvgIpc) is 3.05. The van der Waals surface area contributed by atoms with Gasteiger partial charge in [-0.25, -0.2) is 0 Å². The first-order valence-electron chi connectivity index (χ1n) is 9.11. The van der Waals surface area contributed by atoms with E-state index in [2.05, 4.69) is 4.98 Å². The van der Waals surface area contributed by atoms with Crippen LogP contribution in [0.25, 0.3) is 26.4 Å². The molecule has 6 heteroatoms. The van der Waals surface area contributed by atoms with Gasteiger partial charge in [0.25, 0.3) is 5.56 Å². The van der Waals surface area contributed by atoms with E-state index in [1.54, 1.807) is 13.0 Å². The van der Waals surface area contributed by atoms with E-state index < -0.39 is 5.41 Å². The van der Waals surface area contributed by atoms with Crippen molar-refractivity contribution in [1.82, 2.24) is 9.38 Å². The number of nitrogens with zero attached hydrogens (tertiary/aromatic N) is 2. The molecule has 0 amide bonds. The molecule has 0 saturated carbocycles. The van der Waals surface area contributed by atoms with Crippen LogP contribution in [0.1, 0.15) is 26.3 Å². The van der Waals surface area contributed by atoms with Gasteiger partial charge in [-0.2, -0.15) is 4.98 Å². The molecule has 28 heavy (non-hydrogen) atoms. The number of fused-ring (bicyclic) bond motifs is 3. The highest BCUT2D eigenvalue weighted by molar-refractivity contribution is 7.23. The van der Waals surface area contributed by atoms with Gasteiger partial charge in [-0.3, -0.25) is 14.0 Å². The molecule has 5 nitrogen and oxygen atoms in total. The zero-order valence-corrected chi connectivity index (χ0v) is 16.7. The number of aromatic nitrogens is 2. The first kappa shape index (κ1) is 18.4. The fourth-order valence-electron chi connectivity index (χ4n) is 3.28. The minimum atomic E-state index is -0.759. The lowest BCUT2D eigenvalue weighted by Gasteiger charge is -2.22. The Kier molecular flexibility index (Phi) is 4.51. The molecule has 0 spiro atoms. The van der Waals surface area contributed by atoms with E-state index >= 15 is 0 Å². The molecule has 0 radical (unpaired) electrons. The lowest BCUT2D eigenvalue weighted by atomic mass is 9.85. The fraction of sp³-hybridized carbons (Fsp3) is 0.227. The molecule has 4 rings (SSSR count). The molecule has 142 valence electrons. The van der Waals surface area contributed by atoms with E-state index in [0.29, 0.717) is 11.6 Å². The van der Waals surface area contributed by atoms with Crippen molar-refractivity contribution < 1.29 is 9.53 Å². The standard InChI is InChI=1S/C22H20N2O3S/c1-4-27-20(26)22(2,3)15-10-11-16-18(12-15)28-21-23-19(25)13-17(24(16)21)14-8-6-5-7-9-14/h5-13H,4H2,1-3H3. The van der Waals surface area contributed by atoms with E-state index in [4.69, 9.17) is 4.74 Å². The average molecular weight is 392 g/mol. The topological polar surface area (TPSA) is 60.7 Å². The van der Waals surface area contributed by atoms with Crippen LogP contribution in [0.3, 0.4) is 0 Å². The lowest BCUT2D eigenvalue weighted by Crippen LogP contribution is -2.31. The Morgan fingerprint density at radius 2 is 1.89 bits per heavy atom. The van der Waals surface area contributed by atoms with Crippen molar-refractivity contribution in [3.63, 3.8) is 0 Å². The second-order valence-electron chi connectivity index (χ2n) is 7.09. The Labute approximate surface area is 166 Å². The monoisotopic (exact) mass is 392 g/mol. The Balaban J connectivity index is 1.95. The zero-order valence-electron chi connectivity index (χ0n) is 15.9. The zero-order chi connectivity index (χ0) is 19.9. The van der Waals surface area contributed by atoms with Gasteiger partial charge >= 0.3 is 5.97 Å². The molecule has 2 aromatic carbocycles. The van der Waals surface area contributed by atoms with Gasteiger partial charge in [0.15, 0.2) is 4.96 Å². The number of esters is 1. The number of rotatable bonds is 4. The summed E-state index contributed by atoms with van der Waals surface area (Å²) in [6.45, 7) is 5.86. The molecule has 0 fully saturated rings. The summed E-state index contributed by atoms with van der Waals surface area (Å²) in [5.41, 5.74) is 2.55. The minimum Gasteiger partial charge on any atom is -0.465 e. The van der Waals surface area contributed by atoms with Gasteiger partial charge in [0, 0.05) is 6.07 Å². The van der Waals surface area contributed by atoms with Crippen LogP contribution in [0.15, 0.2) is 59.4 Å². The summed E-state index contributed by atoms with van der Waals surface area (Å²) in [5, 5.41) is 0. The third kappa shape index (κ3) is 2.99. The molecule has 0 atom stereocenters. The molecule has 0 bridgehead atoms. The molecule has 0 aliphatic carbocycles. The van der Waals surface area contributed by atoms with Gasteiger partial charge in [-0.1, -0.05) is 47.7 Å². The molecule has 2 aromatic heterocycles. The number of hydrogen-bond acceptors (Lipinski definition) is 5. The predicted octanol–water partition coefficient (Wildman–Crippen LogP) is 4.42. The maximum atomic E-state index is 12.4. The molecular formula is C22H20N2O3S. The smallest absolute Gasteiger partial charge is 0.315 e. The van der Waals surface area contributed by atoms with Gasteiger partial charge in [-0.05, 0) is 44.0 Å². The third-order valence-corrected chi connectivity index (χ3v) is 5.88. The second-order valence-corrected chi connectivity index (χ2v) is 8.10. The van der Waals surface area contributed by atoms with Crippen molar-refractivity contribution in [3.8, 4) is 11.3 Å². The molecular weight excluding hydrogens is 372 g/mol. The van der Waals surface area contributed by atoms with Crippen molar-refractivity contribution in [2.24, 2.45) is 0 Å². The fourth-order valence-corrected chi connectivity index (χ4v) is 4.35. The summed E-state index contributed by atoms with van der Waals surface area (Å²) in [5.74, 6) is -0.256. The number of benzene rings is 2. The molecule has 2 heterocycles. The first-order chi connectivity index (χ1) is 13.4. The van der Waals surface area contributed by atoms with E-state index in [1.165, 1.54) is 11.3 Å². The van der Waals surface area contributed by atoms with Gasteiger partial charge in [0.2, 0.25) is 0 Å². The third-order valence-electron chi connectivity index (χ3n) is 4.88. The Hall–Kier alpha value is -2.99. The summed E-state index contributed by atoms with van der Waals surface area (Å²) < 4.78 is 8.19. The summed E-state index contributed by atoms with van der Waals surface area (Å²) in [4.78, 5) is 29.4. The van der Waals surface area contributed by atoms with E-state index in [9.17, 15) is 9.59 Å². The van der Waals surface area contributed by atoms with Crippen LogP contribution >= 0.6 is 11.3 Å². The number of ether oxygens (including phenoxy) is 1. The van der Waals surface area contributed by atoms with Crippen molar-refractivity contribution in [2.75, 3.05) is 6.61 Å². The maximum absolute atomic E-state index is 12.4. The van der Waals surface area contributed by atoms with Crippen LogP contribution in [0.4, 0.5) is 0 Å². The summed E-state index contributed by atoms with van der Waals surface area (Å²) >= 11 is 1.44. The molecule has 0 aliphatic rings. The van der Waals surface area contributed by atoms with Crippen molar-refractivity contribution in [3.05, 3.63) is 70.5 Å². The number of hydrogen-bond donors (Lipinski definition) is 0. The van der Waals surface area contributed by atoms with E-state index in [1.807, 2.05) is 66.8 Å². The predicted molar refractivity (Wildman–Crippen MR) is 112 cm³/mol. The maximum Gasteiger partial charge on any atom is 0.315 e. The van der Waals surface area contributed by atoms with Crippen LogP contribution in [0, 0.1) is 0 Å². The van der Waals surface area contributed by atoms with Crippen LogP contribution in [-0.2, 0) is 14.9 Å². The number of carbonyl (C=O) groups excluding carboxylic acids is 1. The number of thiazole rings is 1. The van der Waals surface area contributed by atoms with Crippen molar-refractivity contribution in [1.29, 1.82) is 0 Å². The van der Waals surface area contributed by atoms with Crippen LogP contribution in [0.5, 0.6) is 0 Å². The quantitative estimate of drug-likeness (QED) is 0.483. The largest absolute Gasteiger partial charge is 0.465 e. The molecule has 4 aromatic rings. The van der Waals surface area contributed by atoms with E-state index in [-0.39, 0.29) is 11.5 Å². The second kappa shape index (κ2) is 6.87. The Morgan fingerprint density at radius 3 is 2.61 bits per heavy atom. The van der Waals surface area contributed by atoms with Crippen LogP contribution < -0.4 is 5.56 Å². The van der Waals surface area contributed by atoms with Crippen LogP contribution in [-0.4, -0.2) is 22.0 Å². The summed E-state index contributed by atoms with van der Waals surface area (Å²) in [6.07, 6.45) is 0. The normalized spacial score (nSPS) is 11.8. The minimum absolute atomic E-state index is 0.256. The Morgan fingerprint density at radius 1 is 1.14 bits per heavy atom. The van der Waals surface area contributed by atoms with Crippen molar-refractivity contribution >= 4 is 32.5 Å². The highest BCUT2D eigenvalue weighted by atomic mass is 32.1. The van der Waals surface area contributed by atoms with Gasteiger partial charge in [-0.15, -0.1) is 0 Å². The highest BCUT2D eigenvalue weighted by Crippen LogP contribution is 2.34. The van der Waals surface area contributed by atoms with Gasteiger partial charge in [0.05, 0.1) is 27.9 Å². The molecule has 0 saturated heterocycles. The van der Waals surface area contributed by atoms with Gasteiger partial charge in [0.1, 0.15) is 0 Å². The van der Waals surface area contributed by atoms with Gasteiger partial charge < -0.3 is 4.74 Å². The van der Waals surface area contributed by atoms with E-state index in [0.717, 1.165) is 27.0 Å². The first-order valence-corrected chi connectivity index (χ1v) is 9.93.